The average molecular weight is 373 g/mol. The first-order valence-electron chi connectivity index (χ1n) is 9.46. The maximum atomic E-state index is 12.6. The molecule has 0 radical (unpaired) electrons. The summed E-state index contributed by atoms with van der Waals surface area (Å²) in [5.41, 5.74) is 5.41. The molecule has 2 aromatic rings. The standard InChI is InChI=1S/C21H28N2O2S/c1-5-9-25-19-11-13(2)17-7-6-16(12-18(17)15(19)4)14(3)20(24)23-21-22-8-10-26-21/h8,10-11,14,16H,5-7,9,12H2,1-4H3,(H,22,23,24)/t14-,16+/m0/s1. The Hall–Kier alpha value is -1.88. The molecular weight excluding hydrogens is 344 g/mol. The van der Waals surface area contributed by atoms with Crippen LogP contribution in [0, 0.1) is 25.7 Å². The van der Waals surface area contributed by atoms with E-state index in [9.17, 15) is 4.79 Å². The molecule has 1 aromatic carbocycles. The van der Waals surface area contributed by atoms with Crippen LogP contribution >= 0.6 is 11.3 Å². The molecule has 2 atom stereocenters. The highest BCUT2D eigenvalue weighted by molar-refractivity contribution is 7.13. The number of nitrogens with one attached hydrogen (secondary N) is 1. The Kier molecular flexibility index (Phi) is 5.97. The van der Waals surface area contributed by atoms with Crippen LogP contribution in [0.5, 0.6) is 5.75 Å². The Labute approximate surface area is 160 Å². The highest BCUT2D eigenvalue weighted by atomic mass is 32.1. The second-order valence-corrected chi connectivity index (χ2v) is 8.13. The minimum atomic E-state index is -0.0352. The number of thiazole rings is 1. The number of benzene rings is 1. The van der Waals surface area contributed by atoms with Crippen molar-refractivity contribution in [3.05, 3.63) is 39.9 Å². The lowest BCUT2D eigenvalue weighted by Crippen LogP contribution is -2.31. The van der Waals surface area contributed by atoms with Gasteiger partial charge in [0, 0.05) is 17.5 Å². The fourth-order valence-electron chi connectivity index (χ4n) is 3.83. The van der Waals surface area contributed by atoms with Gasteiger partial charge in [-0.25, -0.2) is 4.98 Å². The quantitative estimate of drug-likeness (QED) is 0.782. The minimum Gasteiger partial charge on any atom is -0.493 e. The van der Waals surface area contributed by atoms with Gasteiger partial charge in [0.15, 0.2) is 5.13 Å². The molecule has 140 valence electrons. The summed E-state index contributed by atoms with van der Waals surface area (Å²) in [5, 5.41) is 5.51. The lowest BCUT2D eigenvalue weighted by molar-refractivity contribution is -0.121. The number of ether oxygens (including phenoxy) is 1. The number of aromatic nitrogens is 1. The third-order valence-corrected chi connectivity index (χ3v) is 6.17. The first-order chi connectivity index (χ1) is 12.5. The van der Waals surface area contributed by atoms with E-state index in [0.717, 1.165) is 38.0 Å². The first kappa shape index (κ1) is 18.9. The van der Waals surface area contributed by atoms with Crippen molar-refractivity contribution in [3.8, 4) is 5.75 Å². The normalized spacial score (nSPS) is 17.5. The van der Waals surface area contributed by atoms with E-state index in [-0.39, 0.29) is 11.8 Å². The van der Waals surface area contributed by atoms with Crippen molar-refractivity contribution in [3.63, 3.8) is 0 Å². The van der Waals surface area contributed by atoms with E-state index in [4.69, 9.17) is 4.74 Å². The SMILES string of the molecule is CCCOc1cc(C)c2c(c1C)C[C@H]([C@H](C)C(=O)Nc1nccs1)CC2. The maximum Gasteiger partial charge on any atom is 0.229 e. The first-order valence-corrected chi connectivity index (χ1v) is 10.3. The molecule has 1 amide bonds. The molecule has 0 bridgehead atoms. The molecular formula is C21H28N2O2S. The highest BCUT2D eigenvalue weighted by Gasteiger charge is 2.30. The van der Waals surface area contributed by atoms with Crippen LogP contribution in [-0.2, 0) is 17.6 Å². The summed E-state index contributed by atoms with van der Waals surface area (Å²) < 4.78 is 5.96. The van der Waals surface area contributed by atoms with Crippen LogP contribution in [0.15, 0.2) is 17.6 Å². The Balaban J connectivity index is 1.77. The van der Waals surface area contributed by atoms with Crippen molar-refractivity contribution in [1.29, 1.82) is 0 Å². The third kappa shape index (κ3) is 3.93. The lowest BCUT2D eigenvalue weighted by atomic mass is 9.75. The van der Waals surface area contributed by atoms with Crippen molar-refractivity contribution in [2.75, 3.05) is 11.9 Å². The van der Waals surface area contributed by atoms with Crippen LogP contribution in [0.3, 0.4) is 0 Å². The Morgan fingerprint density at radius 3 is 2.92 bits per heavy atom. The number of anilines is 1. The summed E-state index contributed by atoms with van der Waals surface area (Å²) in [5.74, 6) is 1.39. The predicted molar refractivity (Wildman–Crippen MR) is 107 cm³/mol. The smallest absolute Gasteiger partial charge is 0.229 e. The maximum absolute atomic E-state index is 12.6. The number of hydrogen-bond donors (Lipinski definition) is 1. The number of amides is 1. The van der Waals surface area contributed by atoms with Crippen molar-refractivity contribution < 1.29 is 9.53 Å². The van der Waals surface area contributed by atoms with Gasteiger partial charge < -0.3 is 10.1 Å². The average Bonchev–Trinajstić information content (AvgIpc) is 3.15. The van der Waals surface area contributed by atoms with Crippen LogP contribution in [-0.4, -0.2) is 17.5 Å². The minimum absolute atomic E-state index is 0.0352. The molecule has 4 nitrogen and oxygen atoms in total. The molecule has 0 fully saturated rings. The van der Waals surface area contributed by atoms with Crippen LogP contribution in [0.25, 0.3) is 0 Å². The number of carbonyl (C=O) groups excluding carboxylic acids is 1. The molecule has 0 saturated carbocycles. The fraction of sp³-hybridized carbons (Fsp3) is 0.524. The lowest BCUT2D eigenvalue weighted by Gasteiger charge is -2.31. The summed E-state index contributed by atoms with van der Waals surface area (Å²) in [6.07, 6.45) is 5.75. The second-order valence-electron chi connectivity index (χ2n) is 7.24. The third-order valence-electron chi connectivity index (χ3n) is 5.49. The van der Waals surface area contributed by atoms with E-state index in [1.807, 2.05) is 12.3 Å². The predicted octanol–water partition coefficient (Wildman–Crippen LogP) is 4.93. The molecule has 0 spiro atoms. The summed E-state index contributed by atoms with van der Waals surface area (Å²) in [6.45, 7) is 9.24. The van der Waals surface area contributed by atoms with Gasteiger partial charge in [-0.1, -0.05) is 13.8 Å². The fourth-order valence-corrected chi connectivity index (χ4v) is 4.36. The van der Waals surface area contributed by atoms with Crippen molar-refractivity contribution >= 4 is 22.4 Å². The number of rotatable bonds is 6. The Morgan fingerprint density at radius 1 is 1.42 bits per heavy atom. The number of carbonyl (C=O) groups is 1. The molecule has 5 heteroatoms. The number of nitrogens with zero attached hydrogens (tertiary/aromatic N) is 1. The number of aryl methyl sites for hydroxylation is 1. The van der Waals surface area contributed by atoms with Crippen LogP contribution in [0.4, 0.5) is 5.13 Å². The van der Waals surface area contributed by atoms with Gasteiger partial charge in [-0.05, 0) is 73.8 Å². The van der Waals surface area contributed by atoms with Crippen molar-refractivity contribution in [2.24, 2.45) is 11.8 Å². The molecule has 0 aliphatic heterocycles. The molecule has 3 rings (SSSR count). The zero-order valence-electron chi connectivity index (χ0n) is 16.1. The van der Waals surface area contributed by atoms with Crippen LogP contribution in [0.2, 0.25) is 0 Å². The van der Waals surface area contributed by atoms with Gasteiger partial charge in [0.05, 0.1) is 6.61 Å². The molecule has 1 aliphatic rings. The monoisotopic (exact) mass is 372 g/mol. The molecule has 0 saturated heterocycles. The summed E-state index contributed by atoms with van der Waals surface area (Å²) in [6, 6.07) is 2.18. The molecule has 26 heavy (non-hydrogen) atoms. The van der Waals surface area contributed by atoms with Gasteiger partial charge >= 0.3 is 0 Å². The van der Waals surface area contributed by atoms with Gasteiger partial charge in [0.25, 0.3) is 0 Å². The topological polar surface area (TPSA) is 51.2 Å². The molecule has 0 unspecified atom stereocenters. The summed E-state index contributed by atoms with van der Waals surface area (Å²) in [7, 11) is 0. The zero-order chi connectivity index (χ0) is 18.7. The largest absolute Gasteiger partial charge is 0.493 e. The van der Waals surface area contributed by atoms with E-state index in [1.54, 1.807) is 6.20 Å². The van der Waals surface area contributed by atoms with E-state index in [1.165, 1.54) is 33.6 Å². The second kappa shape index (κ2) is 8.21. The van der Waals surface area contributed by atoms with E-state index in [0.29, 0.717) is 11.0 Å². The molecule has 1 aromatic heterocycles. The van der Waals surface area contributed by atoms with E-state index in [2.05, 4.69) is 37.1 Å². The van der Waals surface area contributed by atoms with E-state index < -0.39 is 0 Å². The van der Waals surface area contributed by atoms with Crippen molar-refractivity contribution in [1.82, 2.24) is 4.98 Å². The van der Waals surface area contributed by atoms with Gasteiger partial charge in [0.1, 0.15) is 5.75 Å². The Bertz CT molecular complexity index is 771. The van der Waals surface area contributed by atoms with Gasteiger partial charge in [-0.2, -0.15) is 0 Å². The van der Waals surface area contributed by atoms with Gasteiger partial charge in [-0.3, -0.25) is 4.79 Å². The number of fused-ring (bicyclic) bond motifs is 1. The van der Waals surface area contributed by atoms with Gasteiger partial charge in [0.2, 0.25) is 5.91 Å². The molecule has 1 aliphatic carbocycles. The Morgan fingerprint density at radius 2 is 2.23 bits per heavy atom. The van der Waals surface area contributed by atoms with Gasteiger partial charge in [-0.15, -0.1) is 11.3 Å². The highest BCUT2D eigenvalue weighted by Crippen LogP contribution is 2.38. The molecule has 1 heterocycles. The van der Waals surface area contributed by atoms with Crippen LogP contribution < -0.4 is 10.1 Å². The van der Waals surface area contributed by atoms with Crippen molar-refractivity contribution in [2.45, 2.75) is 53.4 Å². The zero-order valence-corrected chi connectivity index (χ0v) is 16.9. The molecule has 1 N–H and O–H groups in total. The van der Waals surface area contributed by atoms with E-state index >= 15 is 0 Å². The van der Waals surface area contributed by atoms with Crippen LogP contribution in [0.1, 0.15) is 48.9 Å². The summed E-state index contributed by atoms with van der Waals surface area (Å²) >= 11 is 1.46. The number of hydrogen-bond acceptors (Lipinski definition) is 4. The summed E-state index contributed by atoms with van der Waals surface area (Å²) in [4.78, 5) is 16.8.